The zero-order valence-corrected chi connectivity index (χ0v) is 33.9. The molecule has 0 radical (unpaired) electrons. The topological polar surface area (TPSA) is 83.1 Å². The number of carbonyl (C=O) groups is 2. The van der Waals surface area contributed by atoms with E-state index in [0.717, 1.165) is 70.3 Å². The molecule has 0 bridgehead atoms. The molecule has 6 aromatic carbocycles. The Balaban J connectivity index is 1.06. The summed E-state index contributed by atoms with van der Waals surface area (Å²) in [5.74, 6) is 1.23. The molecule has 1 saturated carbocycles. The average molecular weight is 773 g/mol. The van der Waals surface area contributed by atoms with Gasteiger partial charge in [-0.3, -0.25) is 4.79 Å². The molecule has 0 spiro atoms. The normalized spacial score (nSPS) is 17.1. The van der Waals surface area contributed by atoms with Gasteiger partial charge >= 0.3 is 6.09 Å². The molecule has 1 aliphatic carbocycles. The smallest absolute Gasteiger partial charge is 0.412 e. The summed E-state index contributed by atoms with van der Waals surface area (Å²) in [7, 11) is 1.68. The molecule has 2 N–H and O–H groups in total. The van der Waals surface area contributed by atoms with Crippen LogP contribution in [0.1, 0.15) is 47.0 Å². The van der Waals surface area contributed by atoms with E-state index in [1.165, 1.54) is 6.92 Å². The van der Waals surface area contributed by atoms with E-state index in [2.05, 4.69) is 138 Å². The van der Waals surface area contributed by atoms with Crippen LogP contribution in [0.15, 0.2) is 158 Å². The molecule has 7 rings (SSSR count). The van der Waals surface area contributed by atoms with Crippen LogP contribution in [0, 0.1) is 10.8 Å². The molecule has 6 aromatic rings. The number of nitrogens with one attached hydrogen (secondary N) is 2. The van der Waals surface area contributed by atoms with Crippen molar-refractivity contribution in [1.82, 2.24) is 10.6 Å². The van der Waals surface area contributed by atoms with Crippen molar-refractivity contribution in [1.29, 1.82) is 0 Å². The van der Waals surface area contributed by atoms with Gasteiger partial charge in [-0.25, -0.2) is 4.79 Å². The van der Waals surface area contributed by atoms with Gasteiger partial charge in [-0.05, 0) is 138 Å². The first-order valence-corrected chi connectivity index (χ1v) is 19.9. The third-order valence-corrected chi connectivity index (χ3v) is 10.8. The Morgan fingerprint density at radius 1 is 0.586 bits per heavy atom. The average Bonchev–Trinajstić information content (AvgIpc) is 3.22. The summed E-state index contributed by atoms with van der Waals surface area (Å²) in [6, 6.07) is 53.4. The first-order chi connectivity index (χ1) is 28.0. The molecule has 0 saturated heterocycles. The predicted octanol–water partition coefficient (Wildman–Crippen LogP) is 12.1. The lowest BCUT2D eigenvalue weighted by Crippen LogP contribution is -2.50. The van der Waals surface area contributed by atoms with E-state index < -0.39 is 6.09 Å². The molecular weight excluding hydrogens is 721 g/mol. The second kappa shape index (κ2) is 17.3. The summed E-state index contributed by atoms with van der Waals surface area (Å²) in [5, 5.41) is 6.09. The van der Waals surface area contributed by atoms with Crippen molar-refractivity contribution in [2.24, 2.45) is 10.8 Å². The molecule has 0 heterocycles. The van der Waals surface area contributed by atoms with Crippen LogP contribution in [-0.4, -0.2) is 31.7 Å². The van der Waals surface area contributed by atoms with Crippen LogP contribution >= 0.6 is 0 Å². The number of anilines is 6. The third kappa shape index (κ3) is 9.69. The van der Waals surface area contributed by atoms with Crippen LogP contribution in [0.4, 0.5) is 38.9 Å². The maximum atomic E-state index is 13.2. The van der Waals surface area contributed by atoms with Crippen molar-refractivity contribution in [3.8, 4) is 22.6 Å². The van der Waals surface area contributed by atoms with Crippen molar-refractivity contribution in [3.63, 3.8) is 0 Å². The monoisotopic (exact) mass is 772 g/mol. The van der Waals surface area contributed by atoms with Gasteiger partial charge in [-0.1, -0.05) is 81.4 Å². The maximum absolute atomic E-state index is 13.2. The quantitative estimate of drug-likeness (QED) is 0.129. The molecule has 0 aromatic heterocycles. The highest BCUT2D eigenvalue weighted by molar-refractivity contribution is 5.81. The van der Waals surface area contributed by atoms with Gasteiger partial charge in [0.1, 0.15) is 11.5 Å². The molecule has 2 amide bonds. The maximum Gasteiger partial charge on any atom is 0.412 e. The summed E-state index contributed by atoms with van der Waals surface area (Å²) < 4.78 is 11.2. The van der Waals surface area contributed by atoms with Gasteiger partial charge in [0.2, 0.25) is 5.91 Å². The Bertz CT molecular complexity index is 2280. The fourth-order valence-corrected chi connectivity index (χ4v) is 8.56. The van der Waals surface area contributed by atoms with E-state index in [1.807, 2.05) is 60.7 Å². The van der Waals surface area contributed by atoms with Gasteiger partial charge in [0.25, 0.3) is 0 Å². The molecule has 58 heavy (non-hydrogen) atoms. The van der Waals surface area contributed by atoms with E-state index >= 15 is 0 Å². The van der Waals surface area contributed by atoms with Gasteiger partial charge in [0.05, 0.1) is 7.11 Å². The van der Waals surface area contributed by atoms with Crippen LogP contribution in [0.5, 0.6) is 11.5 Å². The lowest BCUT2D eigenvalue weighted by Gasteiger charge is -2.46. The molecular formula is C50H52N4O4. The van der Waals surface area contributed by atoms with Gasteiger partial charge < -0.3 is 29.9 Å². The van der Waals surface area contributed by atoms with E-state index in [-0.39, 0.29) is 22.8 Å². The number of methoxy groups -OCH3 is 1. The minimum Gasteiger partial charge on any atom is -0.497 e. The summed E-state index contributed by atoms with van der Waals surface area (Å²) >= 11 is 0. The number of hydrogen-bond acceptors (Lipinski definition) is 6. The highest BCUT2D eigenvalue weighted by Gasteiger charge is 2.42. The number of ether oxygens (including phenoxy) is 2. The summed E-state index contributed by atoms with van der Waals surface area (Å²) in [4.78, 5) is 29.2. The lowest BCUT2D eigenvalue weighted by atomic mass is 9.62. The highest BCUT2D eigenvalue weighted by Crippen LogP contribution is 2.46. The van der Waals surface area contributed by atoms with Crippen LogP contribution in [0.2, 0.25) is 0 Å². The largest absolute Gasteiger partial charge is 0.497 e. The van der Waals surface area contributed by atoms with Crippen molar-refractivity contribution >= 4 is 46.1 Å². The molecule has 8 heteroatoms. The van der Waals surface area contributed by atoms with Crippen molar-refractivity contribution in [2.75, 3.05) is 23.5 Å². The fraction of sp³-hybridized carbons (Fsp3) is 0.240. The number of para-hydroxylation sites is 2. The molecule has 8 nitrogen and oxygen atoms in total. The van der Waals surface area contributed by atoms with E-state index in [9.17, 15) is 9.59 Å². The van der Waals surface area contributed by atoms with Crippen LogP contribution in [0.25, 0.3) is 11.1 Å². The summed E-state index contributed by atoms with van der Waals surface area (Å²) in [5.41, 5.74) is 8.19. The van der Waals surface area contributed by atoms with Crippen molar-refractivity contribution in [2.45, 2.75) is 53.0 Å². The summed E-state index contributed by atoms with van der Waals surface area (Å²) in [6.07, 6.45) is 2.08. The third-order valence-electron chi connectivity index (χ3n) is 10.8. The Kier molecular flexibility index (Phi) is 11.8. The number of hydrogen-bond donors (Lipinski definition) is 2. The number of carbonyl (C=O) groups excluding carboxylic acids is 2. The molecule has 2 unspecified atom stereocenters. The predicted molar refractivity (Wildman–Crippen MR) is 235 cm³/mol. The number of nitrogens with zero attached hydrogens (tertiary/aromatic N) is 2. The first-order valence-electron chi connectivity index (χ1n) is 19.9. The minimum absolute atomic E-state index is 0.0115. The van der Waals surface area contributed by atoms with Crippen LogP contribution < -0.4 is 29.9 Å². The lowest BCUT2D eigenvalue weighted by molar-refractivity contribution is -0.119. The van der Waals surface area contributed by atoms with Gasteiger partial charge in [0, 0.05) is 53.6 Å². The van der Waals surface area contributed by atoms with Gasteiger partial charge in [-0.2, -0.15) is 0 Å². The zero-order chi connectivity index (χ0) is 40.7. The van der Waals surface area contributed by atoms with E-state index in [1.54, 1.807) is 7.11 Å². The minimum atomic E-state index is -0.477. The van der Waals surface area contributed by atoms with Crippen molar-refractivity contribution in [3.05, 3.63) is 158 Å². The molecule has 1 aliphatic rings. The standard InChI is InChI=1S/C50H52N4O4/c1-36(55)51-35-50(4)33-39(32-49(2,3)34-50)52-48(56)58-47-30-26-45(27-31-47)54(41-14-10-7-11-15-41)43-22-18-38(19-23-43)37-16-20-42(21-17-37)53(40-12-8-6-9-13-40)44-24-28-46(57-5)29-25-44/h6-31,39H,32-35H2,1-5H3,(H,51,55)(H,52,56). The fourth-order valence-electron chi connectivity index (χ4n) is 8.56. The Morgan fingerprint density at radius 2 is 1.00 bits per heavy atom. The van der Waals surface area contributed by atoms with Gasteiger partial charge in [0.15, 0.2) is 0 Å². The Morgan fingerprint density at radius 3 is 1.43 bits per heavy atom. The van der Waals surface area contributed by atoms with E-state index in [0.29, 0.717) is 12.3 Å². The molecule has 296 valence electrons. The molecule has 0 aliphatic heterocycles. The van der Waals surface area contributed by atoms with Gasteiger partial charge in [-0.15, -0.1) is 0 Å². The second-order valence-corrected chi connectivity index (χ2v) is 16.3. The van der Waals surface area contributed by atoms with Crippen molar-refractivity contribution < 1.29 is 19.1 Å². The van der Waals surface area contributed by atoms with Crippen LogP contribution in [0.3, 0.4) is 0 Å². The Hall–Kier alpha value is -6.54. The Labute approximate surface area is 342 Å². The summed E-state index contributed by atoms with van der Waals surface area (Å²) in [6.45, 7) is 8.72. The second-order valence-electron chi connectivity index (χ2n) is 16.3. The SMILES string of the molecule is COc1ccc(N(c2ccccc2)c2ccc(-c3ccc(N(c4ccccc4)c4ccc(OC(=O)NC5CC(C)(C)CC(C)(CNC(C)=O)C5)cc4)cc3)cc2)cc1. The highest BCUT2D eigenvalue weighted by atomic mass is 16.6. The first kappa shape index (κ1) is 39.7. The zero-order valence-electron chi connectivity index (χ0n) is 33.9. The molecule has 1 fully saturated rings. The van der Waals surface area contributed by atoms with Crippen LogP contribution in [-0.2, 0) is 4.79 Å². The number of rotatable bonds is 12. The number of amides is 2. The molecule has 2 atom stereocenters. The number of benzene rings is 6. The van der Waals surface area contributed by atoms with E-state index in [4.69, 9.17) is 9.47 Å².